The second-order valence-corrected chi connectivity index (χ2v) is 5.69. The van der Waals surface area contributed by atoms with Crippen molar-refractivity contribution < 1.29 is 0 Å². The average Bonchev–Trinajstić information content (AvgIpc) is 2.05. The second kappa shape index (κ2) is 4.06. The van der Waals surface area contributed by atoms with Gasteiger partial charge in [-0.25, -0.2) is 0 Å². The molecule has 1 aliphatic heterocycles. The molecule has 2 N–H and O–H groups in total. The molecule has 0 aromatic carbocycles. The number of rotatable bonds is 2. The summed E-state index contributed by atoms with van der Waals surface area (Å²) in [5.74, 6) is 2.51. The van der Waals surface area contributed by atoms with Crippen LogP contribution in [0.4, 0.5) is 0 Å². The number of nitrogens with two attached hydrogens (primary N) is 1. The van der Waals surface area contributed by atoms with Gasteiger partial charge in [0.1, 0.15) is 0 Å². The van der Waals surface area contributed by atoms with Gasteiger partial charge in [-0.2, -0.15) is 11.8 Å². The molecule has 0 aromatic rings. The fourth-order valence-corrected chi connectivity index (χ4v) is 4.48. The maximum Gasteiger partial charge on any atom is 0.0737 e. The van der Waals surface area contributed by atoms with Gasteiger partial charge in [-0.3, -0.25) is 0 Å². The van der Waals surface area contributed by atoms with Gasteiger partial charge in [0, 0.05) is 16.8 Å². The van der Waals surface area contributed by atoms with E-state index in [1.54, 1.807) is 0 Å². The van der Waals surface area contributed by atoms with Crippen molar-refractivity contribution in [2.45, 2.75) is 36.8 Å². The van der Waals surface area contributed by atoms with E-state index in [1.807, 2.05) is 23.5 Å². The molecule has 0 spiro atoms. The van der Waals surface area contributed by atoms with Crippen molar-refractivity contribution in [3.8, 4) is 0 Å². The molecule has 0 aliphatic carbocycles. The Balaban J connectivity index is 2.57. The van der Waals surface area contributed by atoms with E-state index in [2.05, 4.69) is 13.8 Å². The zero-order valence-corrected chi connectivity index (χ0v) is 8.93. The summed E-state index contributed by atoms with van der Waals surface area (Å²) >= 11 is 4.00. The summed E-state index contributed by atoms with van der Waals surface area (Å²) in [7, 11) is 0. The minimum absolute atomic E-state index is 0.0671. The van der Waals surface area contributed by atoms with Crippen LogP contribution in [-0.4, -0.2) is 21.6 Å². The lowest BCUT2D eigenvalue weighted by molar-refractivity contribution is 0.547. The molecule has 2 atom stereocenters. The van der Waals surface area contributed by atoms with Crippen LogP contribution in [0.5, 0.6) is 0 Å². The zero-order chi connectivity index (χ0) is 8.32. The van der Waals surface area contributed by atoms with Crippen molar-refractivity contribution in [2.75, 3.05) is 11.5 Å². The van der Waals surface area contributed by atoms with Crippen molar-refractivity contribution >= 4 is 23.5 Å². The molecule has 1 heterocycles. The topological polar surface area (TPSA) is 26.0 Å². The molecule has 1 aliphatic rings. The lowest BCUT2D eigenvalue weighted by atomic mass is 10.1. The van der Waals surface area contributed by atoms with Crippen LogP contribution in [0.25, 0.3) is 0 Å². The molecule has 1 fully saturated rings. The Labute approximate surface area is 77.9 Å². The predicted molar refractivity (Wildman–Crippen MR) is 56.2 cm³/mol. The lowest BCUT2D eigenvalue weighted by Gasteiger charge is -2.39. The Kier molecular flexibility index (Phi) is 3.59. The summed E-state index contributed by atoms with van der Waals surface area (Å²) in [5.41, 5.74) is 6.26. The van der Waals surface area contributed by atoms with Gasteiger partial charge in [0.15, 0.2) is 0 Å². The highest BCUT2D eigenvalue weighted by Crippen LogP contribution is 2.40. The van der Waals surface area contributed by atoms with E-state index in [1.165, 1.54) is 17.9 Å². The van der Waals surface area contributed by atoms with E-state index in [9.17, 15) is 0 Å². The summed E-state index contributed by atoms with van der Waals surface area (Å²) in [4.78, 5) is 0.0671. The van der Waals surface area contributed by atoms with E-state index in [4.69, 9.17) is 5.73 Å². The number of hydrogen-bond acceptors (Lipinski definition) is 3. The van der Waals surface area contributed by atoms with Crippen molar-refractivity contribution in [3.63, 3.8) is 0 Å². The Morgan fingerprint density at radius 1 is 1.45 bits per heavy atom. The third-order valence-electron chi connectivity index (χ3n) is 2.24. The molecule has 1 saturated heterocycles. The number of thioether (sulfide) groups is 2. The van der Waals surface area contributed by atoms with Crippen molar-refractivity contribution in [1.82, 2.24) is 0 Å². The summed E-state index contributed by atoms with van der Waals surface area (Å²) < 4.78 is 0. The Morgan fingerprint density at radius 2 is 2.18 bits per heavy atom. The highest BCUT2D eigenvalue weighted by Gasteiger charge is 2.35. The van der Waals surface area contributed by atoms with Crippen LogP contribution >= 0.6 is 23.5 Å². The first-order valence-corrected chi connectivity index (χ1v) is 6.30. The quantitative estimate of drug-likeness (QED) is 0.725. The maximum atomic E-state index is 6.26. The number of hydrogen-bond donors (Lipinski definition) is 1. The molecule has 0 radical (unpaired) electrons. The van der Waals surface area contributed by atoms with Crippen LogP contribution in [0.1, 0.15) is 26.7 Å². The molecule has 0 unspecified atom stereocenters. The van der Waals surface area contributed by atoms with E-state index in [0.29, 0.717) is 5.25 Å². The lowest BCUT2D eigenvalue weighted by Crippen LogP contribution is -2.48. The highest BCUT2D eigenvalue weighted by molar-refractivity contribution is 8.07. The van der Waals surface area contributed by atoms with Gasteiger partial charge in [0.25, 0.3) is 0 Å². The third-order valence-corrected chi connectivity index (χ3v) is 5.76. The molecule has 0 bridgehead atoms. The average molecular weight is 191 g/mol. The monoisotopic (exact) mass is 191 g/mol. The van der Waals surface area contributed by atoms with E-state index in [0.717, 1.165) is 6.42 Å². The van der Waals surface area contributed by atoms with Crippen LogP contribution in [0.2, 0.25) is 0 Å². The van der Waals surface area contributed by atoms with Gasteiger partial charge in [0.2, 0.25) is 0 Å². The van der Waals surface area contributed by atoms with E-state index < -0.39 is 0 Å². The van der Waals surface area contributed by atoms with Crippen LogP contribution in [0, 0.1) is 0 Å². The van der Waals surface area contributed by atoms with Gasteiger partial charge in [0.05, 0.1) is 4.87 Å². The summed E-state index contributed by atoms with van der Waals surface area (Å²) in [6.45, 7) is 4.43. The molecule has 0 saturated carbocycles. The molecule has 1 nitrogen and oxygen atoms in total. The Bertz CT molecular complexity index is 129. The first-order chi connectivity index (χ1) is 5.23. The SMILES string of the molecule is CC[C@@H]1SCCS[C@@]1(N)CC. The predicted octanol–water partition coefficient (Wildman–Crippen LogP) is 2.31. The molecule has 1 rings (SSSR count). The maximum absolute atomic E-state index is 6.26. The van der Waals surface area contributed by atoms with E-state index in [-0.39, 0.29) is 4.87 Å². The van der Waals surface area contributed by atoms with Crippen LogP contribution < -0.4 is 5.73 Å². The zero-order valence-electron chi connectivity index (χ0n) is 7.30. The molecule has 0 aromatic heterocycles. The summed E-state index contributed by atoms with van der Waals surface area (Å²) in [6.07, 6.45) is 2.31. The fourth-order valence-electron chi connectivity index (χ4n) is 1.45. The Morgan fingerprint density at radius 3 is 2.64 bits per heavy atom. The molecule has 3 heteroatoms. The van der Waals surface area contributed by atoms with Gasteiger partial charge < -0.3 is 5.73 Å². The van der Waals surface area contributed by atoms with E-state index >= 15 is 0 Å². The van der Waals surface area contributed by atoms with Crippen LogP contribution in [-0.2, 0) is 0 Å². The van der Waals surface area contributed by atoms with Crippen LogP contribution in [0.15, 0.2) is 0 Å². The van der Waals surface area contributed by atoms with Crippen molar-refractivity contribution in [2.24, 2.45) is 5.73 Å². The second-order valence-electron chi connectivity index (χ2n) is 2.92. The smallest absolute Gasteiger partial charge is 0.0737 e. The van der Waals surface area contributed by atoms with Crippen molar-refractivity contribution in [1.29, 1.82) is 0 Å². The molecular formula is C8H17NS2. The third kappa shape index (κ3) is 2.07. The first kappa shape index (κ1) is 9.75. The normalized spacial score (nSPS) is 39.0. The minimum atomic E-state index is 0.0671. The molecule has 66 valence electrons. The minimum Gasteiger partial charge on any atom is -0.316 e. The van der Waals surface area contributed by atoms with Gasteiger partial charge in [-0.05, 0) is 12.8 Å². The van der Waals surface area contributed by atoms with Gasteiger partial charge in [-0.1, -0.05) is 13.8 Å². The first-order valence-electron chi connectivity index (χ1n) is 4.27. The van der Waals surface area contributed by atoms with Gasteiger partial charge >= 0.3 is 0 Å². The highest BCUT2D eigenvalue weighted by atomic mass is 32.2. The fraction of sp³-hybridized carbons (Fsp3) is 1.00. The molecule has 11 heavy (non-hydrogen) atoms. The standard InChI is InChI=1S/C8H17NS2/c1-3-7-8(9,4-2)11-6-5-10-7/h7H,3-6,9H2,1-2H3/t7-,8-/m0/s1. The van der Waals surface area contributed by atoms with Gasteiger partial charge in [-0.15, -0.1) is 11.8 Å². The Hall–Kier alpha value is 0.660. The summed E-state index contributed by atoms with van der Waals surface area (Å²) in [6, 6.07) is 0. The summed E-state index contributed by atoms with van der Waals surface area (Å²) in [5, 5.41) is 0.672. The molecular weight excluding hydrogens is 174 g/mol. The molecule has 0 amide bonds. The largest absolute Gasteiger partial charge is 0.316 e. The van der Waals surface area contributed by atoms with Crippen molar-refractivity contribution in [3.05, 3.63) is 0 Å². The van der Waals surface area contributed by atoms with Crippen LogP contribution in [0.3, 0.4) is 0 Å².